The maximum atomic E-state index is 13.4. The summed E-state index contributed by atoms with van der Waals surface area (Å²) in [6.07, 6.45) is 81.6. The molecular weight excluding hydrogens is 1300 g/mol. The highest BCUT2D eigenvalue weighted by Crippen LogP contribution is 2.31. The topological polar surface area (TPSA) is 228 Å². The van der Waals surface area contributed by atoms with Gasteiger partial charge in [0.25, 0.3) is 0 Å². The molecule has 12 unspecified atom stereocenters. The van der Waals surface area contributed by atoms with Gasteiger partial charge in [-0.15, -0.1) is 0 Å². The first-order valence-electron chi connectivity index (χ1n) is 45.6. The van der Waals surface area contributed by atoms with E-state index in [4.69, 9.17) is 18.9 Å². The summed E-state index contributed by atoms with van der Waals surface area (Å²) in [6.45, 7) is 2.88. The summed E-state index contributed by atoms with van der Waals surface area (Å²) in [7, 11) is 0. The van der Waals surface area contributed by atoms with Crippen molar-refractivity contribution in [1.29, 1.82) is 0 Å². The number of hydrogen-bond donors (Lipinski definition) is 9. The number of ether oxygens (including phenoxy) is 4. The molecule has 1 amide bonds. The van der Waals surface area contributed by atoms with Crippen LogP contribution in [-0.4, -0.2) is 140 Å². The minimum absolute atomic E-state index is 0.228. The molecule has 2 fully saturated rings. The first kappa shape index (κ1) is 98.5. The van der Waals surface area contributed by atoms with Crippen LogP contribution in [-0.2, 0) is 23.7 Å². The van der Waals surface area contributed by atoms with Crippen LogP contribution in [0.5, 0.6) is 0 Å². The molecule has 14 heteroatoms. The SMILES string of the molecule is CCCCCCCCCC/C=C\CCCCCCCCCCCCCCCCCCCCCCCCCCCC(=O)NC(COC1OC(CO)C(OC2OC(CO)C(O)C(O)C2O)C(O)C1O)C(O)/C=C/CCCCCCCCCCCCCCCCCCCCCCCCCCCCCCCCC. The quantitative estimate of drug-likeness (QED) is 0.0204. The van der Waals surface area contributed by atoms with Crippen molar-refractivity contribution >= 4 is 5.91 Å². The average molecular weight is 1480 g/mol. The zero-order chi connectivity index (χ0) is 75.1. The first-order valence-corrected chi connectivity index (χ1v) is 45.6. The van der Waals surface area contributed by atoms with Crippen molar-refractivity contribution in [1.82, 2.24) is 5.32 Å². The minimum Gasteiger partial charge on any atom is -0.394 e. The maximum absolute atomic E-state index is 13.4. The Bertz CT molecular complexity index is 1840. The smallest absolute Gasteiger partial charge is 0.220 e. The lowest BCUT2D eigenvalue weighted by Crippen LogP contribution is -2.65. The molecular formula is C90H173NO13. The molecule has 2 aliphatic heterocycles. The monoisotopic (exact) mass is 1480 g/mol. The maximum Gasteiger partial charge on any atom is 0.220 e. The summed E-state index contributed by atoms with van der Waals surface area (Å²) in [6, 6.07) is -0.914. The van der Waals surface area contributed by atoms with Crippen LogP contribution in [0.15, 0.2) is 24.3 Å². The zero-order valence-electron chi connectivity index (χ0n) is 68.1. The Morgan fingerprint density at radius 2 is 0.606 bits per heavy atom. The Morgan fingerprint density at radius 1 is 0.337 bits per heavy atom. The molecule has 104 heavy (non-hydrogen) atoms. The predicted molar refractivity (Wildman–Crippen MR) is 434 cm³/mol. The molecule has 2 saturated heterocycles. The van der Waals surface area contributed by atoms with E-state index >= 15 is 0 Å². The van der Waals surface area contributed by atoms with Gasteiger partial charge in [-0.3, -0.25) is 4.79 Å². The van der Waals surface area contributed by atoms with Crippen LogP contribution in [0.4, 0.5) is 0 Å². The summed E-state index contributed by atoms with van der Waals surface area (Å²) < 4.78 is 23.0. The van der Waals surface area contributed by atoms with Crippen LogP contribution in [0.2, 0.25) is 0 Å². The lowest BCUT2D eigenvalue weighted by Gasteiger charge is -2.46. The summed E-state index contributed by atoms with van der Waals surface area (Å²) in [5.41, 5.74) is 0. The Morgan fingerprint density at radius 3 is 0.913 bits per heavy atom. The lowest BCUT2D eigenvalue weighted by molar-refractivity contribution is -0.359. The molecule has 0 aliphatic carbocycles. The highest BCUT2D eigenvalue weighted by molar-refractivity contribution is 5.76. The van der Waals surface area contributed by atoms with E-state index in [2.05, 4.69) is 31.3 Å². The molecule has 2 heterocycles. The van der Waals surface area contributed by atoms with E-state index in [0.29, 0.717) is 6.42 Å². The fourth-order valence-electron chi connectivity index (χ4n) is 15.5. The second-order valence-electron chi connectivity index (χ2n) is 32.4. The van der Waals surface area contributed by atoms with E-state index in [0.717, 1.165) is 38.5 Å². The number of carbonyl (C=O) groups is 1. The van der Waals surface area contributed by atoms with Gasteiger partial charge in [-0.05, 0) is 44.9 Å². The highest BCUT2D eigenvalue weighted by Gasteiger charge is 2.51. The van der Waals surface area contributed by atoms with Gasteiger partial charge in [-0.1, -0.05) is 423 Å². The molecule has 616 valence electrons. The van der Waals surface area contributed by atoms with Crippen molar-refractivity contribution in [2.24, 2.45) is 0 Å². The van der Waals surface area contributed by atoms with Crippen LogP contribution in [0.1, 0.15) is 450 Å². The Hall–Kier alpha value is -1.53. The van der Waals surface area contributed by atoms with Crippen molar-refractivity contribution in [3.63, 3.8) is 0 Å². The number of amides is 1. The molecule has 12 atom stereocenters. The highest BCUT2D eigenvalue weighted by atomic mass is 16.7. The Balaban J connectivity index is 1.56. The van der Waals surface area contributed by atoms with Crippen LogP contribution in [0.3, 0.4) is 0 Å². The number of unbranched alkanes of at least 4 members (excludes halogenated alkanes) is 64. The van der Waals surface area contributed by atoms with Crippen molar-refractivity contribution in [3.8, 4) is 0 Å². The van der Waals surface area contributed by atoms with Gasteiger partial charge in [-0.2, -0.15) is 0 Å². The summed E-state index contributed by atoms with van der Waals surface area (Å²) in [5, 5.41) is 87.9. The van der Waals surface area contributed by atoms with E-state index in [-0.39, 0.29) is 18.9 Å². The predicted octanol–water partition coefficient (Wildman–Crippen LogP) is 22.2. The molecule has 0 saturated carbocycles. The van der Waals surface area contributed by atoms with Gasteiger partial charge in [-0.25, -0.2) is 0 Å². The molecule has 0 radical (unpaired) electrons. The number of carbonyl (C=O) groups excluding carboxylic acids is 1. The molecule has 0 aromatic rings. The molecule has 0 aromatic carbocycles. The molecule has 0 spiro atoms. The van der Waals surface area contributed by atoms with Crippen LogP contribution in [0.25, 0.3) is 0 Å². The fraction of sp³-hybridized carbons (Fsp3) is 0.944. The van der Waals surface area contributed by atoms with Crippen molar-refractivity contribution in [2.45, 2.75) is 524 Å². The molecule has 0 aromatic heterocycles. The van der Waals surface area contributed by atoms with Gasteiger partial charge in [0.15, 0.2) is 12.6 Å². The molecule has 0 bridgehead atoms. The average Bonchev–Trinajstić information content (AvgIpc) is 0.790. The molecule has 9 N–H and O–H groups in total. The van der Waals surface area contributed by atoms with Crippen molar-refractivity contribution < 1.29 is 64.6 Å². The largest absolute Gasteiger partial charge is 0.394 e. The second kappa shape index (κ2) is 74.2. The zero-order valence-corrected chi connectivity index (χ0v) is 68.1. The van der Waals surface area contributed by atoms with Gasteiger partial charge < -0.3 is 65.1 Å². The van der Waals surface area contributed by atoms with E-state index in [1.165, 1.54) is 385 Å². The summed E-state index contributed by atoms with van der Waals surface area (Å²) >= 11 is 0. The van der Waals surface area contributed by atoms with Gasteiger partial charge in [0.2, 0.25) is 5.91 Å². The fourth-order valence-corrected chi connectivity index (χ4v) is 15.5. The van der Waals surface area contributed by atoms with E-state index in [1.807, 2.05) is 6.08 Å². The van der Waals surface area contributed by atoms with E-state index in [1.54, 1.807) is 6.08 Å². The van der Waals surface area contributed by atoms with E-state index < -0.39 is 86.8 Å². The summed E-state index contributed by atoms with van der Waals surface area (Å²) in [4.78, 5) is 13.4. The van der Waals surface area contributed by atoms with Gasteiger partial charge >= 0.3 is 0 Å². The van der Waals surface area contributed by atoms with Crippen LogP contribution in [0, 0.1) is 0 Å². The van der Waals surface area contributed by atoms with Crippen LogP contribution >= 0.6 is 0 Å². The number of allylic oxidation sites excluding steroid dienone is 3. The second-order valence-corrected chi connectivity index (χ2v) is 32.4. The number of hydrogen-bond acceptors (Lipinski definition) is 13. The van der Waals surface area contributed by atoms with Gasteiger partial charge in [0, 0.05) is 6.42 Å². The number of aliphatic hydroxyl groups excluding tert-OH is 8. The number of rotatable bonds is 79. The number of aliphatic hydroxyl groups is 8. The van der Waals surface area contributed by atoms with Crippen LogP contribution < -0.4 is 5.32 Å². The Labute approximate surface area is 640 Å². The summed E-state index contributed by atoms with van der Waals surface area (Å²) in [5.74, 6) is -0.228. The third-order valence-corrected chi connectivity index (χ3v) is 22.6. The van der Waals surface area contributed by atoms with Gasteiger partial charge in [0.1, 0.15) is 48.8 Å². The third-order valence-electron chi connectivity index (χ3n) is 22.6. The van der Waals surface area contributed by atoms with Gasteiger partial charge in [0.05, 0.1) is 32.0 Å². The number of nitrogens with one attached hydrogen (secondary N) is 1. The van der Waals surface area contributed by atoms with Crippen molar-refractivity contribution in [3.05, 3.63) is 24.3 Å². The first-order chi connectivity index (χ1) is 51.1. The standard InChI is InChI=1S/C90H173NO13/c1-3-5-7-9-11-13-15-17-19-21-23-25-27-29-31-33-35-37-38-39-40-42-44-46-48-50-52-54-56-58-60-62-64-66-68-70-72-74-82(95)91-78(77-101-89-87(100)85(98)88(81(76-93)103-89)104-90-86(99)84(97)83(96)80(75-92)102-90)79(94)73-71-69-67-65-63-61-59-57-55-53-51-49-47-45-43-41-36-34-32-30-28-26-24-22-20-18-16-14-12-10-8-6-4-2/h21,23,71,73,78-81,83-90,92-94,96-100H,3-20,22,24-70,72,74-77H2,1-2H3,(H,91,95)/b23-21-,73-71+. The molecule has 2 rings (SSSR count). The van der Waals surface area contributed by atoms with E-state index in [9.17, 15) is 45.6 Å². The molecule has 2 aliphatic rings. The lowest BCUT2D eigenvalue weighted by atomic mass is 9.97. The van der Waals surface area contributed by atoms with Crippen molar-refractivity contribution in [2.75, 3.05) is 19.8 Å². The third kappa shape index (κ3) is 55.8. The Kier molecular flexibility index (Phi) is 70.3. The molecule has 14 nitrogen and oxygen atoms in total. The minimum atomic E-state index is -1.79. The normalized spacial score (nSPS) is 21.5.